The summed E-state index contributed by atoms with van der Waals surface area (Å²) in [5, 5.41) is 6.68. The third-order valence-electron chi connectivity index (χ3n) is 2.95. The van der Waals surface area contributed by atoms with E-state index < -0.39 is 0 Å². The molecule has 0 saturated heterocycles. The Morgan fingerprint density at radius 3 is 2.86 bits per heavy atom. The van der Waals surface area contributed by atoms with E-state index in [1.165, 1.54) is 0 Å². The van der Waals surface area contributed by atoms with E-state index in [0.717, 1.165) is 5.56 Å². The van der Waals surface area contributed by atoms with Gasteiger partial charge in [-0.25, -0.2) is 0 Å². The predicted molar refractivity (Wildman–Crippen MR) is 83.5 cm³/mol. The maximum atomic E-state index is 12.1. The van der Waals surface area contributed by atoms with E-state index in [1.807, 2.05) is 19.1 Å². The number of furan rings is 1. The van der Waals surface area contributed by atoms with E-state index in [4.69, 9.17) is 8.94 Å². The second kappa shape index (κ2) is 6.15. The van der Waals surface area contributed by atoms with Crippen molar-refractivity contribution in [1.82, 2.24) is 10.1 Å². The highest BCUT2D eigenvalue weighted by molar-refractivity contribution is 9.10. The number of anilines is 1. The zero-order valence-corrected chi connectivity index (χ0v) is 13.3. The average Bonchev–Trinajstić information content (AvgIpc) is 3.16. The van der Waals surface area contributed by atoms with E-state index >= 15 is 0 Å². The molecule has 2 aromatic heterocycles. The van der Waals surface area contributed by atoms with Crippen LogP contribution < -0.4 is 5.32 Å². The Labute approximate surface area is 134 Å². The molecule has 0 atom stereocenters. The standard InChI is InChI=1S/C15H12BrN3O3/c1-2-13-18-14(19-22-13)9-4-3-5-10(8-9)17-15(20)11-6-7-12(16)21-11/h3-8H,2H2,1H3,(H,17,20). The summed E-state index contributed by atoms with van der Waals surface area (Å²) in [6.45, 7) is 1.94. The van der Waals surface area contributed by atoms with Crippen molar-refractivity contribution in [1.29, 1.82) is 0 Å². The van der Waals surface area contributed by atoms with Crippen LogP contribution in [-0.4, -0.2) is 16.0 Å². The first kappa shape index (κ1) is 14.5. The Bertz CT molecular complexity index is 810. The minimum Gasteiger partial charge on any atom is -0.444 e. The van der Waals surface area contributed by atoms with Gasteiger partial charge in [0, 0.05) is 17.7 Å². The van der Waals surface area contributed by atoms with Gasteiger partial charge < -0.3 is 14.3 Å². The Kier molecular flexibility index (Phi) is 4.06. The second-order valence-corrected chi connectivity index (χ2v) is 5.29. The molecule has 0 aliphatic heterocycles. The lowest BCUT2D eigenvalue weighted by Crippen LogP contribution is -2.10. The summed E-state index contributed by atoms with van der Waals surface area (Å²) < 4.78 is 10.8. The minimum absolute atomic E-state index is 0.227. The molecule has 112 valence electrons. The lowest BCUT2D eigenvalue weighted by molar-refractivity contribution is 0.0995. The summed E-state index contributed by atoms with van der Waals surface area (Å²) >= 11 is 3.16. The van der Waals surface area contributed by atoms with Gasteiger partial charge in [-0.15, -0.1) is 0 Å². The average molecular weight is 362 g/mol. The Morgan fingerprint density at radius 1 is 1.32 bits per heavy atom. The van der Waals surface area contributed by atoms with Crippen molar-refractivity contribution in [2.24, 2.45) is 0 Å². The molecule has 0 bridgehead atoms. The summed E-state index contributed by atoms with van der Waals surface area (Å²) in [7, 11) is 0. The highest BCUT2D eigenvalue weighted by Gasteiger charge is 2.12. The van der Waals surface area contributed by atoms with Crippen molar-refractivity contribution >= 4 is 27.5 Å². The van der Waals surface area contributed by atoms with Crippen LogP contribution in [0.25, 0.3) is 11.4 Å². The van der Waals surface area contributed by atoms with Crippen molar-refractivity contribution in [2.75, 3.05) is 5.32 Å². The maximum absolute atomic E-state index is 12.1. The molecule has 0 aliphatic carbocycles. The molecule has 0 spiro atoms. The van der Waals surface area contributed by atoms with Crippen LogP contribution in [0.5, 0.6) is 0 Å². The monoisotopic (exact) mass is 361 g/mol. The summed E-state index contributed by atoms with van der Waals surface area (Å²) in [6, 6.07) is 10.5. The molecule has 1 aromatic carbocycles. The summed E-state index contributed by atoms with van der Waals surface area (Å²) in [5.74, 6) is 0.967. The third-order valence-corrected chi connectivity index (χ3v) is 3.37. The van der Waals surface area contributed by atoms with E-state index in [1.54, 1.807) is 24.3 Å². The first-order valence-electron chi connectivity index (χ1n) is 6.65. The SMILES string of the molecule is CCc1nc(-c2cccc(NC(=O)c3ccc(Br)o3)c2)no1. The summed E-state index contributed by atoms with van der Waals surface area (Å²) in [4.78, 5) is 16.3. The molecule has 2 heterocycles. The van der Waals surface area contributed by atoms with Gasteiger partial charge in [0.1, 0.15) is 0 Å². The Hall–Kier alpha value is -2.41. The quantitative estimate of drug-likeness (QED) is 0.761. The largest absolute Gasteiger partial charge is 0.444 e. The van der Waals surface area contributed by atoms with Crippen molar-refractivity contribution in [3.05, 3.63) is 52.7 Å². The highest BCUT2D eigenvalue weighted by Crippen LogP contribution is 2.21. The van der Waals surface area contributed by atoms with Crippen LogP contribution in [0.15, 0.2) is 50.0 Å². The van der Waals surface area contributed by atoms with Gasteiger partial charge in [0.2, 0.25) is 11.7 Å². The number of carbonyl (C=O) groups excluding carboxylic acids is 1. The maximum Gasteiger partial charge on any atom is 0.291 e. The van der Waals surface area contributed by atoms with Crippen molar-refractivity contribution in [3.8, 4) is 11.4 Å². The van der Waals surface area contributed by atoms with E-state index in [2.05, 4.69) is 31.4 Å². The van der Waals surface area contributed by atoms with Gasteiger partial charge in [0.05, 0.1) is 0 Å². The van der Waals surface area contributed by atoms with Crippen LogP contribution in [0.1, 0.15) is 23.4 Å². The number of amides is 1. The number of aromatic nitrogens is 2. The van der Waals surface area contributed by atoms with E-state index in [-0.39, 0.29) is 11.7 Å². The van der Waals surface area contributed by atoms with Gasteiger partial charge in [-0.1, -0.05) is 24.2 Å². The second-order valence-electron chi connectivity index (χ2n) is 4.50. The molecule has 1 N–H and O–H groups in total. The minimum atomic E-state index is -0.329. The fraction of sp³-hybridized carbons (Fsp3) is 0.133. The molecule has 7 heteroatoms. The number of aryl methyl sites for hydroxylation is 1. The molecule has 0 aliphatic rings. The fourth-order valence-electron chi connectivity index (χ4n) is 1.88. The zero-order valence-electron chi connectivity index (χ0n) is 11.7. The van der Waals surface area contributed by atoms with Gasteiger partial charge in [-0.3, -0.25) is 4.79 Å². The molecule has 0 fully saturated rings. The summed E-state index contributed by atoms with van der Waals surface area (Å²) in [5.41, 5.74) is 1.39. The van der Waals surface area contributed by atoms with E-state index in [9.17, 15) is 4.79 Å². The highest BCUT2D eigenvalue weighted by atomic mass is 79.9. The molecular formula is C15H12BrN3O3. The first-order valence-corrected chi connectivity index (χ1v) is 7.44. The van der Waals surface area contributed by atoms with Crippen LogP contribution in [0.2, 0.25) is 0 Å². The normalized spacial score (nSPS) is 10.6. The van der Waals surface area contributed by atoms with Crippen LogP contribution in [0.4, 0.5) is 5.69 Å². The molecule has 1 amide bonds. The van der Waals surface area contributed by atoms with Crippen LogP contribution in [0.3, 0.4) is 0 Å². The topological polar surface area (TPSA) is 81.2 Å². The van der Waals surface area contributed by atoms with Crippen LogP contribution in [0, 0.1) is 0 Å². The molecular weight excluding hydrogens is 350 g/mol. The molecule has 6 nitrogen and oxygen atoms in total. The number of carbonyl (C=O) groups is 1. The molecule has 0 unspecified atom stereocenters. The van der Waals surface area contributed by atoms with Gasteiger partial charge in [0.15, 0.2) is 10.4 Å². The van der Waals surface area contributed by atoms with Crippen LogP contribution in [-0.2, 0) is 6.42 Å². The number of halogens is 1. The Morgan fingerprint density at radius 2 is 2.18 bits per heavy atom. The number of nitrogens with zero attached hydrogens (tertiary/aromatic N) is 2. The smallest absolute Gasteiger partial charge is 0.291 e. The molecule has 3 aromatic rings. The number of benzene rings is 1. The summed E-state index contributed by atoms with van der Waals surface area (Å²) in [6.07, 6.45) is 0.677. The number of nitrogens with one attached hydrogen (secondary N) is 1. The zero-order chi connectivity index (χ0) is 15.5. The Balaban J connectivity index is 1.80. The fourth-order valence-corrected chi connectivity index (χ4v) is 2.19. The van der Waals surface area contributed by atoms with Crippen molar-refractivity contribution < 1.29 is 13.7 Å². The lowest BCUT2D eigenvalue weighted by atomic mass is 10.2. The van der Waals surface area contributed by atoms with Crippen molar-refractivity contribution in [3.63, 3.8) is 0 Å². The lowest BCUT2D eigenvalue weighted by Gasteiger charge is -2.04. The van der Waals surface area contributed by atoms with Crippen molar-refractivity contribution in [2.45, 2.75) is 13.3 Å². The van der Waals surface area contributed by atoms with Gasteiger partial charge >= 0.3 is 0 Å². The number of hydrogen-bond acceptors (Lipinski definition) is 5. The predicted octanol–water partition coefficient (Wildman–Crippen LogP) is 3.91. The molecule has 22 heavy (non-hydrogen) atoms. The number of rotatable bonds is 4. The molecule has 3 rings (SSSR count). The molecule has 0 radical (unpaired) electrons. The molecule has 0 saturated carbocycles. The van der Waals surface area contributed by atoms with Gasteiger partial charge in [-0.2, -0.15) is 4.98 Å². The number of hydrogen-bond donors (Lipinski definition) is 1. The van der Waals surface area contributed by atoms with Gasteiger partial charge in [0.25, 0.3) is 5.91 Å². The van der Waals surface area contributed by atoms with Crippen LogP contribution >= 0.6 is 15.9 Å². The van der Waals surface area contributed by atoms with Gasteiger partial charge in [-0.05, 0) is 40.2 Å². The van der Waals surface area contributed by atoms with E-state index in [0.29, 0.717) is 28.5 Å². The third kappa shape index (κ3) is 3.09. The first-order chi connectivity index (χ1) is 10.7.